The Balaban J connectivity index is 2.55. The fourth-order valence-corrected chi connectivity index (χ4v) is 1.87. The van der Waals surface area contributed by atoms with E-state index in [-0.39, 0.29) is 0 Å². The molecule has 1 aromatic heterocycles. The van der Waals surface area contributed by atoms with Gasteiger partial charge in [-0.15, -0.1) is 0 Å². The van der Waals surface area contributed by atoms with Gasteiger partial charge in [0.2, 0.25) is 0 Å². The van der Waals surface area contributed by atoms with E-state index in [2.05, 4.69) is 15.3 Å². The number of nitrogens with one attached hydrogen (secondary N) is 1. The van der Waals surface area contributed by atoms with Crippen LogP contribution in [0.3, 0.4) is 0 Å². The third kappa shape index (κ3) is 2.37. The molecule has 0 aliphatic carbocycles. The monoisotopic (exact) mass is 241 g/mol. The fourth-order valence-electron chi connectivity index (χ4n) is 1.87. The summed E-state index contributed by atoms with van der Waals surface area (Å²) in [7, 11) is 1.84. The highest BCUT2D eigenvalue weighted by Gasteiger charge is 2.10. The van der Waals surface area contributed by atoms with Crippen molar-refractivity contribution in [3.63, 3.8) is 0 Å². The van der Waals surface area contributed by atoms with Gasteiger partial charge in [0, 0.05) is 37.1 Å². The summed E-state index contributed by atoms with van der Waals surface area (Å²) in [5, 5.41) is 3.09. The van der Waals surface area contributed by atoms with E-state index in [1.54, 1.807) is 12.4 Å². The van der Waals surface area contributed by atoms with Crippen LogP contribution in [0, 0.1) is 6.92 Å². The van der Waals surface area contributed by atoms with Gasteiger partial charge >= 0.3 is 0 Å². The first-order valence-corrected chi connectivity index (χ1v) is 5.78. The minimum absolute atomic E-state index is 0.351. The molecule has 0 unspecified atom stereocenters. The van der Waals surface area contributed by atoms with Crippen molar-refractivity contribution in [3.8, 4) is 11.4 Å². The topological polar surface area (TPSA) is 54.9 Å². The van der Waals surface area contributed by atoms with E-state index in [1.807, 2.05) is 32.2 Å². The van der Waals surface area contributed by atoms with Gasteiger partial charge < -0.3 is 10.1 Å². The van der Waals surface area contributed by atoms with E-state index in [4.69, 9.17) is 0 Å². The molecule has 18 heavy (non-hydrogen) atoms. The molecule has 0 radical (unpaired) electrons. The summed E-state index contributed by atoms with van der Waals surface area (Å²) in [4.78, 5) is 19.4. The van der Waals surface area contributed by atoms with Crippen LogP contribution in [-0.4, -0.2) is 23.3 Å². The van der Waals surface area contributed by atoms with E-state index in [9.17, 15) is 4.79 Å². The number of anilines is 1. The smallest absolute Gasteiger partial charge is 0.159 e. The first-order chi connectivity index (χ1) is 8.76. The molecule has 0 atom stereocenters. The molecule has 1 heterocycles. The zero-order valence-corrected chi connectivity index (χ0v) is 10.5. The Kier molecular flexibility index (Phi) is 3.67. The minimum atomic E-state index is 0.351. The number of aldehydes is 1. The Hall–Kier alpha value is -2.23. The number of carbonyl (C=O) groups excluding carboxylic acids is 1. The average molecular weight is 241 g/mol. The number of aryl methyl sites for hydroxylation is 1. The largest absolute Gasteiger partial charge is 0.388 e. The summed E-state index contributed by atoms with van der Waals surface area (Å²) in [5.41, 5.74) is 3.78. The van der Waals surface area contributed by atoms with Crippen LogP contribution in [0.4, 0.5) is 5.69 Å². The van der Waals surface area contributed by atoms with Crippen molar-refractivity contribution in [3.05, 3.63) is 41.7 Å². The molecule has 4 nitrogen and oxygen atoms in total. The van der Waals surface area contributed by atoms with Crippen molar-refractivity contribution >= 4 is 12.0 Å². The van der Waals surface area contributed by atoms with Crippen LogP contribution in [0.5, 0.6) is 0 Å². The van der Waals surface area contributed by atoms with Gasteiger partial charge in [-0.25, -0.2) is 9.97 Å². The molecular formula is C14H15N3O. The highest BCUT2D eigenvalue weighted by atomic mass is 16.1. The zero-order chi connectivity index (χ0) is 13.0. The number of carbonyl (C=O) groups is 1. The highest BCUT2D eigenvalue weighted by molar-refractivity contribution is 5.74. The third-order valence-corrected chi connectivity index (χ3v) is 2.75. The van der Waals surface area contributed by atoms with Crippen LogP contribution in [0.1, 0.15) is 11.1 Å². The van der Waals surface area contributed by atoms with Gasteiger partial charge in [0.1, 0.15) is 6.29 Å². The van der Waals surface area contributed by atoms with Crippen molar-refractivity contribution in [1.82, 2.24) is 9.97 Å². The lowest BCUT2D eigenvalue weighted by Gasteiger charge is -2.11. The van der Waals surface area contributed by atoms with Crippen LogP contribution in [0.15, 0.2) is 30.6 Å². The Labute approximate surface area is 106 Å². The first-order valence-electron chi connectivity index (χ1n) is 5.78. The van der Waals surface area contributed by atoms with Crippen molar-refractivity contribution in [2.24, 2.45) is 0 Å². The van der Waals surface area contributed by atoms with Crippen LogP contribution in [0.25, 0.3) is 11.4 Å². The van der Waals surface area contributed by atoms with Crippen LogP contribution in [-0.2, 0) is 11.2 Å². The summed E-state index contributed by atoms with van der Waals surface area (Å²) < 4.78 is 0. The molecule has 0 aliphatic heterocycles. The predicted octanol–water partition coefficient (Wildman–Crippen LogP) is 2.24. The molecule has 0 saturated carbocycles. The molecule has 1 N–H and O–H groups in total. The van der Waals surface area contributed by atoms with Crippen molar-refractivity contribution in [2.75, 3.05) is 12.4 Å². The standard InChI is InChI=1S/C14H15N3O/c1-10-8-16-14(17-9-10)12-4-3-5-13(15-2)11(12)6-7-18/h3-5,7-9,15H,6H2,1-2H3. The second-order valence-corrected chi connectivity index (χ2v) is 4.04. The molecule has 92 valence electrons. The molecule has 0 saturated heterocycles. The van der Waals surface area contributed by atoms with E-state index in [0.29, 0.717) is 12.2 Å². The van der Waals surface area contributed by atoms with Crippen LogP contribution in [0.2, 0.25) is 0 Å². The number of benzene rings is 1. The summed E-state index contributed by atoms with van der Waals surface area (Å²) in [5.74, 6) is 0.648. The van der Waals surface area contributed by atoms with Crippen molar-refractivity contribution in [2.45, 2.75) is 13.3 Å². The van der Waals surface area contributed by atoms with Gasteiger partial charge in [0.05, 0.1) is 0 Å². The van der Waals surface area contributed by atoms with Crippen molar-refractivity contribution in [1.29, 1.82) is 0 Å². The van der Waals surface area contributed by atoms with E-state index in [0.717, 1.165) is 28.7 Å². The van der Waals surface area contributed by atoms with E-state index < -0.39 is 0 Å². The fraction of sp³-hybridized carbons (Fsp3) is 0.214. The second kappa shape index (κ2) is 5.40. The maximum atomic E-state index is 10.8. The normalized spacial score (nSPS) is 10.1. The average Bonchev–Trinajstić information content (AvgIpc) is 2.40. The molecule has 2 rings (SSSR count). The predicted molar refractivity (Wildman–Crippen MR) is 71.5 cm³/mol. The summed E-state index contributed by atoms with van der Waals surface area (Å²) >= 11 is 0. The van der Waals surface area contributed by atoms with Gasteiger partial charge in [0.25, 0.3) is 0 Å². The SMILES string of the molecule is CNc1cccc(-c2ncc(C)cn2)c1CC=O. The Bertz CT molecular complexity index is 549. The minimum Gasteiger partial charge on any atom is -0.388 e. The summed E-state index contributed by atoms with van der Waals surface area (Å²) in [6, 6.07) is 5.81. The summed E-state index contributed by atoms with van der Waals surface area (Å²) in [6.07, 6.45) is 4.80. The molecule has 0 spiro atoms. The van der Waals surface area contributed by atoms with Crippen LogP contribution >= 0.6 is 0 Å². The van der Waals surface area contributed by atoms with Gasteiger partial charge in [0.15, 0.2) is 5.82 Å². The van der Waals surface area contributed by atoms with E-state index >= 15 is 0 Å². The van der Waals surface area contributed by atoms with Gasteiger partial charge in [-0.3, -0.25) is 0 Å². The molecule has 2 aromatic rings. The molecular weight excluding hydrogens is 226 g/mol. The lowest BCUT2D eigenvalue weighted by molar-refractivity contribution is -0.107. The van der Waals surface area contributed by atoms with Gasteiger partial charge in [-0.2, -0.15) is 0 Å². The Morgan fingerprint density at radius 1 is 1.28 bits per heavy atom. The molecule has 0 bridgehead atoms. The zero-order valence-electron chi connectivity index (χ0n) is 10.5. The lowest BCUT2D eigenvalue weighted by Crippen LogP contribution is -2.01. The maximum absolute atomic E-state index is 10.8. The number of nitrogens with zero attached hydrogens (tertiary/aromatic N) is 2. The number of hydrogen-bond acceptors (Lipinski definition) is 4. The van der Waals surface area contributed by atoms with Crippen LogP contribution < -0.4 is 5.32 Å². The van der Waals surface area contributed by atoms with Gasteiger partial charge in [-0.05, 0) is 24.1 Å². The molecule has 4 heteroatoms. The molecule has 1 aromatic carbocycles. The van der Waals surface area contributed by atoms with Gasteiger partial charge in [-0.1, -0.05) is 12.1 Å². The molecule has 0 amide bonds. The molecule has 0 aliphatic rings. The maximum Gasteiger partial charge on any atom is 0.159 e. The first kappa shape index (κ1) is 12.2. The molecule has 0 fully saturated rings. The number of aromatic nitrogens is 2. The number of hydrogen-bond donors (Lipinski definition) is 1. The second-order valence-electron chi connectivity index (χ2n) is 4.04. The highest BCUT2D eigenvalue weighted by Crippen LogP contribution is 2.26. The lowest BCUT2D eigenvalue weighted by atomic mass is 10.0. The number of rotatable bonds is 4. The Morgan fingerprint density at radius 3 is 2.61 bits per heavy atom. The van der Waals surface area contributed by atoms with E-state index in [1.165, 1.54) is 0 Å². The third-order valence-electron chi connectivity index (χ3n) is 2.75. The Morgan fingerprint density at radius 2 is 2.00 bits per heavy atom. The quantitative estimate of drug-likeness (QED) is 0.834. The van der Waals surface area contributed by atoms with Crippen molar-refractivity contribution < 1.29 is 4.79 Å². The summed E-state index contributed by atoms with van der Waals surface area (Å²) in [6.45, 7) is 1.94.